The molecular weight excluding hydrogens is 534 g/mol. The van der Waals surface area contributed by atoms with Crippen LogP contribution >= 0.6 is 11.6 Å². The number of hydrogen-bond donors (Lipinski definition) is 4. The number of rotatable bonds is 6. The fourth-order valence-corrected chi connectivity index (χ4v) is 3.42. The summed E-state index contributed by atoms with van der Waals surface area (Å²) in [5.74, 6) is -2.85. The van der Waals surface area contributed by atoms with E-state index in [4.69, 9.17) is 21.8 Å². The molecule has 0 fully saturated rings. The van der Waals surface area contributed by atoms with Crippen LogP contribution in [0.15, 0.2) is 78.9 Å². The van der Waals surface area contributed by atoms with E-state index in [1.807, 2.05) is 0 Å². The van der Waals surface area contributed by atoms with Crippen LogP contribution in [0.5, 0.6) is 11.5 Å². The van der Waals surface area contributed by atoms with Crippen molar-refractivity contribution >= 4 is 23.0 Å². The lowest BCUT2D eigenvalue weighted by atomic mass is 10.1. The Kier molecular flexibility index (Phi) is 9.35. The standard InChI is InChI=1S/C14H11F4NO.C13H10ClF2NO/c15-12-7-11(4-5-13(12)20)19-8-9-2-1-3-10(6-9)14(16,17)18;14-10-2-1-3-11(15)9(10)7-17-8-4-5-13(18)12(16)6-8/h1-7,19-20H,8H2;1-6,17-18H,7H2. The molecule has 0 amide bonds. The number of nitrogens with one attached hydrogen (secondary N) is 2. The molecule has 0 aliphatic carbocycles. The van der Waals surface area contributed by atoms with Crippen LogP contribution in [0.2, 0.25) is 5.02 Å². The van der Waals surface area contributed by atoms with Crippen molar-refractivity contribution in [3.05, 3.63) is 118 Å². The first-order chi connectivity index (χ1) is 17.9. The Labute approximate surface area is 219 Å². The lowest BCUT2D eigenvalue weighted by molar-refractivity contribution is -0.137. The molecule has 4 aromatic carbocycles. The smallest absolute Gasteiger partial charge is 0.416 e. The van der Waals surface area contributed by atoms with E-state index in [2.05, 4.69) is 10.6 Å². The molecule has 4 N–H and O–H groups in total. The Morgan fingerprint density at radius 1 is 0.658 bits per heavy atom. The first-order valence-electron chi connectivity index (χ1n) is 11.0. The zero-order chi connectivity index (χ0) is 27.9. The zero-order valence-corrected chi connectivity index (χ0v) is 20.2. The van der Waals surface area contributed by atoms with Gasteiger partial charge in [-0.05, 0) is 54.1 Å². The third-order valence-corrected chi connectivity index (χ3v) is 5.53. The van der Waals surface area contributed by atoms with Crippen LogP contribution in [0.1, 0.15) is 16.7 Å². The Bertz CT molecular complexity index is 1380. The number of anilines is 2. The van der Waals surface area contributed by atoms with Gasteiger partial charge in [-0.25, -0.2) is 13.2 Å². The number of alkyl halides is 3. The molecule has 0 aliphatic rings. The van der Waals surface area contributed by atoms with E-state index in [0.29, 0.717) is 27.5 Å². The SMILES string of the molecule is Oc1ccc(NCc2c(F)cccc2Cl)cc1F.Oc1ccc(NCc2cccc(C(F)(F)F)c2)cc1F. The summed E-state index contributed by atoms with van der Waals surface area (Å²) in [7, 11) is 0. The van der Waals surface area contributed by atoms with Crippen LogP contribution in [0.25, 0.3) is 0 Å². The predicted octanol–water partition coefficient (Wildman–Crippen LogP) is 8.10. The Morgan fingerprint density at radius 2 is 1.21 bits per heavy atom. The number of aromatic hydroxyl groups is 2. The van der Waals surface area contributed by atoms with Crippen molar-refractivity contribution in [3.8, 4) is 11.5 Å². The van der Waals surface area contributed by atoms with Gasteiger partial charge in [-0.3, -0.25) is 0 Å². The van der Waals surface area contributed by atoms with Gasteiger partial charge in [0.1, 0.15) is 5.82 Å². The van der Waals surface area contributed by atoms with E-state index < -0.39 is 40.7 Å². The van der Waals surface area contributed by atoms with Crippen molar-refractivity contribution in [2.45, 2.75) is 19.3 Å². The van der Waals surface area contributed by atoms with E-state index in [1.54, 1.807) is 12.1 Å². The number of phenolic OH excluding ortho intramolecular Hbond substituents is 2. The summed E-state index contributed by atoms with van der Waals surface area (Å²) in [5, 5.41) is 24.0. The maximum absolute atomic E-state index is 13.5. The first kappa shape index (κ1) is 28.5. The van der Waals surface area contributed by atoms with Crippen molar-refractivity contribution < 1.29 is 36.6 Å². The summed E-state index contributed by atoms with van der Waals surface area (Å²) >= 11 is 5.86. The average Bonchev–Trinajstić information content (AvgIpc) is 2.87. The highest BCUT2D eigenvalue weighted by atomic mass is 35.5. The lowest BCUT2D eigenvalue weighted by Crippen LogP contribution is -2.06. The van der Waals surface area contributed by atoms with Gasteiger partial charge in [0.05, 0.1) is 5.56 Å². The van der Waals surface area contributed by atoms with Gasteiger partial charge in [0.15, 0.2) is 23.1 Å². The van der Waals surface area contributed by atoms with Gasteiger partial charge in [-0.2, -0.15) is 13.2 Å². The topological polar surface area (TPSA) is 64.5 Å². The Hall–Kier alpha value is -4.05. The Morgan fingerprint density at radius 3 is 1.74 bits per heavy atom. The molecule has 0 spiro atoms. The highest BCUT2D eigenvalue weighted by Gasteiger charge is 2.30. The van der Waals surface area contributed by atoms with E-state index in [0.717, 1.165) is 24.3 Å². The van der Waals surface area contributed by atoms with Crippen molar-refractivity contribution in [2.75, 3.05) is 10.6 Å². The molecule has 4 rings (SSSR count). The van der Waals surface area contributed by atoms with E-state index in [9.17, 15) is 26.3 Å². The molecule has 200 valence electrons. The molecule has 0 heterocycles. The van der Waals surface area contributed by atoms with E-state index in [1.165, 1.54) is 42.5 Å². The normalized spacial score (nSPS) is 10.9. The molecule has 0 aliphatic heterocycles. The monoisotopic (exact) mass is 554 g/mol. The molecule has 0 saturated heterocycles. The van der Waals surface area contributed by atoms with Crippen LogP contribution < -0.4 is 10.6 Å². The molecule has 11 heteroatoms. The van der Waals surface area contributed by atoms with Gasteiger partial charge in [-0.15, -0.1) is 0 Å². The summed E-state index contributed by atoms with van der Waals surface area (Å²) in [6.45, 7) is 0.254. The van der Waals surface area contributed by atoms with Gasteiger partial charge in [0, 0.05) is 47.2 Å². The molecule has 0 radical (unpaired) electrons. The second kappa shape index (κ2) is 12.5. The molecule has 4 nitrogen and oxygen atoms in total. The van der Waals surface area contributed by atoms with Crippen molar-refractivity contribution in [1.29, 1.82) is 0 Å². The maximum Gasteiger partial charge on any atom is 0.416 e. The fraction of sp³-hybridized carbons (Fsp3) is 0.111. The third kappa shape index (κ3) is 7.97. The van der Waals surface area contributed by atoms with Crippen molar-refractivity contribution in [3.63, 3.8) is 0 Å². The van der Waals surface area contributed by atoms with Gasteiger partial charge in [0.25, 0.3) is 0 Å². The molecule has 4 aromatic rings. The second-order valence-electron chi connectivity index (χ2n) is 7.94. The van der Waals surface area contributed by atoms with Crippen molar-refractivity contribution in [1.82, 2.24) is 0 Å². The highest BCUT2D eigenvalue weighted by Crippen LogP contribution is 2.30. The molecule has 38 heavy (non-hydrogen) atoms. The van der Waals surface area contributed by atoms with Gasteiger partial charge >= 0.3 is 6.18 Å². The maximum atomic E-state index is 13.5. The van der Waals surface area contributed by atoms with Crippen LogP contribution in [-0.2, 0) is 19.3 Å². The van der Waals surface area contributed by atoms with Gasteiger partial charge < -0.3 is 20.8 Å². The second-order valence-corrected chi connectivity index (χ2v) is 8.35. The quantitative estimate of drug-likeness (QED) is 0.144. The minimum atomic E-state index is -4.39. The van der Waals surface area contributed by atoms with Crippen LogP contribution in [0.4, 0.5) is 37.7 Å². The van der Waals surface area contributed by atoms with Crippen LogP contribution in [0, 0.1) is 17.5 Å². The summed E-state index contributed by atoms with van der Waals surface area (Å²) < 4.78 is 77.2. The summed E-state index contributed by atoms with van der Waals surface area (Å²) in [5.41, 5.74) is 0.817. The number of hydrogen-bond acceptors (Lipinski definition) is 4. The summed E-state index contributed by atoms with van der Waals surface area (Å²) in [6.07, 6.45) is -4.39. The fourth-order valence-electron chi connectivity index (χ4n) is 3.19. The minimum Gasteiger partial charge on any atom is -0.505 e. The summed E-state index contributed by atoms with van der Waals surface area (Å²) in [6, 6.07) is 16.8. The molecule has 0 saturated carbocycles. The van der Waals surface area contributed by atoms with Gasteiger partial charge in [0.2, 0.25) is 0 Å². The average molecular weight is 555 g/mol. The number of phenols is 2. The molecule has 0 bridgehead atoms. The number of benzene rings is 4. The lowest BCUT2D eigenvalue weighted by Gasteiger charge is -2.10. The van der Waals surface area contributed by atoms with Crippen molar-refractivity contribution in [2.24, 2.45) is 0 Å². The largest absolute Gasteiger partial charge is 0.505 e. The molecule has 0 atom stereocenters. The zero-order valence-electron chi connectivity index (χ0n) is 19.5. The van der Waals surface area contributed by atoms with Gasteiger partial charge in [-0.1, -0.05) is 29.8 Å². The summed E-state index contributed by atoms with van der Waals surface area (Å²) in [4.78, 5) is 0. The minimum absolute atomic E-state index is 0.119. The third-order valence-electron chi connectivity index (χ3n) is 5.18. The molecule has 0 aromatic heterocycles. The van der Waals surface area contributed by atoms with E-state index >= 15 is 0 Å². The Balaban J connectivity index is 0.000000212. The van der Waals surface area contributed by atoms with E-state index in [-0.39, 0.29) is 13.1 Å². The highest BCUT2D eigenvalue weighted by molar-refractivity contribution is 6.31. The predicted molar refractivity (Wildman–Crippen MR) is 134 cm³/mol. The van der Waals surface area contributed by atoms with Crippen LogP contribution in [-0.4, -0.2) is 10.2 Å². The first-order valence-corrected chi connectivity index (χ1v) is 11.4. The molecular formula is C27H21ClF6N2O2. The number of halogens is 7. The van der Waals surface area contributed by atoms with Crippen LogP contribution in [0.3, 0.4) is 0 Å². The molecule has 0 unspecified atom stereocenters.